The van der Waals surface area contributed by atoms with E-state index >= 15 is 0 Å². The fourth-order valence-electron chi connectivity index (χ4n) is 2.43. The molecule has 0 bridgehead atoms. The van der Waals surface area contributed by atoms with Gasteiger partial charge in [0, 0.05) is 12.1 Å². The van der Waals surface area contributed by atoms with Gasteiger partial charge in [-0.1, -0.05) is 35.0 Å². The Kier molecular flexibility index (Phi) is 3.34. The molecule has 0 fully saturated rings. The van der Waals surface area contributed by atoms with Crippen molar-refractivity contribution in [2.45, 2.75) is 13.5 Å². The van der Waals surface area contributed by atoms with Crippen molar-refractivity contribution in [3.05, 3.63) is 53.6 Å². The van der Waals surface area contributed by atoms with Crippen LogP contribution in [0.25, 0.3) is 11.4 Å². The minimum Gasteiger partial charge on any atom is -0.454 e. The standard InChI is InChI=1S/C17H15N3O3/c1-11-3-2-4-13(7-11)16-19-17(23-20-16)18-9-12-5-6-14-15(8-12)22-10-21-14/h2-8H,9-10H2,1H3,(H,18,19,20). The van der Waals surface area contributed by atoms with E-state index in [4.69, 9.17) is 14.0 Å². The number of hydrogen-bond acceptors (Lipinski definition) is 6. The van der Waals surface area contributed by atoms with Crippen molar-refractivity contribution in [2.75, 3.05) is 12.1 Å². The molecule has 0 spiro atoms. The summed E-state index contributed by atoms with van der Waals surface area (Å²) in [5, 5.41) is 7.12. The Morgan fingerprint density at radius 1 is 1.09 bits per heavy atom. The SMILES string of the molecule is Cc1cccc(-c2noc(NCc3ccc4c(c3)OCO4)n2)c1. The highest BCUT2D eigenvalue weighted by molar-refractivity contribution is 5.56. The van der Waals surface area contributed by atoms with Gasteiger partial charge in [-0.2, -0.15) is 4.98 Å². The number of nitrogens with zero attached hydrogens (tertiary/aromatic N) is 2. The molecule has 0 radical (unpaired) electrons. The predicted molar refractivity (Wildman–Crippen MR) is 84.4 cm³/mol. The summed E-state index contributed by atoms with van der Waals surface area (Å²) in [6.07, 6.45) is 0. The van der Waals surface area contributed by atoms with Gasteiger partial charge in [-0.05, 0) is 30.7 Å². The van der Waals surface area contributed by atoms with Gasteiger partial charge in [0.25, 0.3) is 0 Å². The van der Waals surface area contributed by atoms with E-state index in [0.29, 0.717) is 18.4 Å². The first-order valence-electron chi connectivity index (χ1n) is 7.31. The van der Waals surface area contributed by atoms with Gasteiger partial charge in [0.15, 0.2) is 11.5 Å². The van der Waals surface area contributed by atoms with Crippen LogP contribution in [0.3, 0.4) is 0 Å². The molecule has 0 unspecified atom stereocenters. The van der Waals surface area contributed by atoms with E-state index < -0.39 is 0 Å². The van der Waals surface area contributed by atoms with Crippen LogP contribution in [0.15, 0.2) is 47.0 Å². The second-order valence-corrected chi connectivity index (χ2v) is 5.33. The van der Waals surface area contributed by atoms with Gasteiger partial charge >= 0.3 is 6.01 Å². The lowest BCUT2D eigenvalue weighted by molar-refractivity contribution is 0.174. The van der Waals surface area contributed by atoms with Crippen molar-refractivity contribution >= 4 is 6.01 Å². The first kappa shape index (κ1) is 13.6. The number of fused-ring (bicyclic) bond motifs is 1. The van der Waals surface area contributed by atoms with Crippen LogP contribution in [0.1, 0.15) is 11.1 Å². The number of benzene rings is 2. The quantitative estimate of drug-likeness (QED) is 0.796. The zero-order valence-electron chi connectivity index (χ0n) is 12.6. The van der Waals surface area contributed by atoms with Crippen molar-refractivity contribution < 1.29 is 14.0 Å². The molecule has 2 heterocycles. The maximum absolute atomic E-state index is 5.36. The third-order valence-corrected chi connectivity index (χ3v) is 3.58. The number of rotatable bonds is 4. The van der Waals surface area contributed by atoms with Gasteiger partial charge in [-0.15, -0.1) is 0 Å². The lowest BCUT2D eigenvalue weighted by Crippen LogP contribution is -1.99. The average molecular weight is 309 g/mol. The lowest BCUT2D eigenvalue weighted by Gasteiger charge is -2.03. The first-order chi connectivity index (χ1) is 11.3. The van der Waals surface area contributed by atoms with E-state index in [1.807, 2.05) is 49.4 Å². The van der Waals surface area contributed by atoms with Crippen LogP contribution in [-0.4, -0.2) is 16.9 Å². The fourth-order valence-corrected chi connectivity index (χ4v) is 2.43. The average Bonchev–Trinajstić information content (AvgIpc) is 3.21. The van der Waals surface area contributed by atoms with E-state index in [1.165, 1.54) is 0 Å². The molecule has 23 heavy (non-hydrogen) atoms. The topological polar surface area (TPSA) is 69.4 Å². The van der Waals surface area contributed by atoms with E-state index in [-0.39, 0.29) is 6.79 Å². The molecule has 1 N–H and O–H groups in total. The second-order valence-electron chi connectivity index (χ2n) is 5.33. The Hall–Kier alpha value is -3.02. The van der Waals surface area contributed by atoms with Crippen molar-refractivity contribution in [1.29, 1.82) is 0 Å². The van der Waals surface area contributed by atoms with E-state index in [2.05, 4.69) is 15.5 Å². The van der Waals surface area contributed by atoms with Crippen molar-refractivity contribution in [3.8, 4) is 22.9 Å². The summed E-state index contributed by atoms with van der Waals surface area (Å²) in [5.74, 6) is 2.10. The summed E-state index contributed by atoms with van der Waals surface area (Å²) in [6, 6.07) is 14.2. The highest BCUT2D eigenvalue weighted by atomic mass is 16.7. The molecule has 6 nitrogen and oxygen atoms in total. The number of nitrogens with one attached hydrogen (secondary N) is 1. The molecular weight excluding hydrogens is 294 g/mol. The molecule has 3 aromatic rings. The summed E-state index contributed by atoms with van der Waals surface area (Å²) >= 11 is 0. The van der Waals surface area contributed by atoms with Crippen LogP contribution in [0.2, 0.25) is 0 Å². The zero-order chi connectivity index (χ0) is 15.6. The van der Waals surface area contributed by atoms with Gasteiger partial charge in [-0.25, -0.2) is 0 Å². The highest BCUT2D eigenvalue weighted by Gasteiger charge is 2.13. The number of hydrogen-bond donors (Lipinski definition) is 1. The zero-order valence-corrected chi connectivity index (χ0v) is 12.6. The van der Waals surface area contributed by atoms with Crippen molar-refractivity contribution in [1.82, 2.24) is 10.1 Å². The molecule has 6 heteroatoms. The lowest BCUT2D eigenvalue weighted by atomic mass is 10.1. The Bertz CT molecular complexity index is 845. The molecule has 2 aromatic carbocycles. The van der Waals surface area contributed by atoms with E-state index in [9.17, 15) is 0 Å². The van der Waals surface area contributed by atoms with Crippen LogP contribution >= 0.6 is 0 Å². The summed E-state index contributed by atoms with van der Waals surface area (Å²) in [6.45, 7) is 2.87. The molecular formula is C17H15N3O3. The molecule has 1 aromatic heterocycles. The summed E-state index contributed by atoms with van der Waals surface area (Å²) in [7, 11) is 0. The number of ether oxygens (including phenoxy) is 2. The molecule has 0 amide bonds. The predicted octanol–water partition coefficient (Wildman–Crippen LogP) is 3.39. The van der Waals surface area contributed by atoms with Gasteiger partial charge in [0.1, 0.15) is 0 Å². The maximum Gasteiger partial charge on any atom is 0.322 e. The fraction of sp³-hybridized carbons (Fsp3) is 0.176. The van der Waals surface area contributed by atoms with Gasteiger partial charge in [-0.3, -0.25) is 0 Å². The third-order valence-electron chi connectivity index (χ3n) is 3.58. The molecule has 1 aliphatic rings. The number of aryl methyl sites for hydroxylation is 1. The highest BCUT2D eigenvalue weighted by Crippen LogP contribution is 2.32. The minimum atomic E-state index is 0.274. The van der Waals surface area contributed by atoms with E-state index in [0.717, 1.165) is 28.2 Å². The maximum atomic E-state index is 5.36. The second kappa shape index (κ2) is 5.64. The summed E-state index contributed by atoms with van der Waals surface area (Å²) in [5.41, 5.74) is 3.14. The van der Waals surface area contributed by atoms with Crippen molar-refractivity contribution in [2.24, 2.45) is 0 Å². The van der Waals surface area contributed by atoms with Crippen LogP contribution in [0.5, 0.6) is 11.5 Å². The smallest absolute Gasteiger partial charge is 0.322 e. The monoisotopic (exact) mass is 309 g/mol. The van der Waals surface area contributed by atoms with Gasteiger partial charge < -0.3 is 19.3 Å². The molecule has 1 aliphatic heterocycles. The number of aromatic nitrogens is 2. The third kappa shape index (κ3) is 2.83. The normalized spacial score (nSPS) is 12.4. The Balaban J connectivity index is 1.46. The van der Waals surface area contributed by atoms with Crippen LogP contribution in [0, 0.1) is 6.92 Å². The van der Waals surface area contributed by atoms with Crippen LogP contribution < -0.4 is 14.8 Å². The van der Waals surface area contributed by atoms with Crippen LogP contribution in [0.4, 0.5) is 6.01 Å². The Labute approximate surface area is 133 Å². The Morgan fingerprint density at radius 2 is 2.00 bits per heavy atom. The molecule has 0 saturated heterocycles. The number of anilines is 1. The molecule has 0 atom stereocenters. The van der Waals surface area contributed by atoms with Crippen molar-refractivity contribution in [3.63, 3.8) is 0 Å². The van der Waals surface area contributed by atoms with Gasteiger partial charge in [0.2, 0.25) is 12.6 Å². The Morgan fingerprint density at radius 3 is 2.91 bits per heavy atom. The minimum absolute atomic E-state index is 0.274. The first-order valence-corrected chi connectivity index (χ1v) is 7.31. The van der Waals surface area contributed by atoms with E-state index in [1.54, 1.807) is 0 Å². The summed E-state index contributed by atoms with van der Waals surface area (Å²) in [4.78, 5) is 4.36. The molecule has 116 valence electrons. The molecule has 4 rings (SSSR count). The van der Waals surface area contributed by atoms with Crippen LogP contribution in [-0.2, 0) is 6.54 Å². The summed E-state index contributed by atoms with van der Waals surface area (Å²) < 4.78 is 15.9. The molecule has 0 saturated carbocycles. The molecule has 0 aliphatic carbocycles. The largest absolute Gasteiger partial charge is 0.454 e. The van der Waals surface area contributed by atoms with Gasteiger partial charge in [0.05, 0.1) is 0 Å².